The van der Waals surface area contributed by atoms with Crippen LogP contribution >= 0.6 is 0 Å². The summed E-state index contributed by atoms with van der Waals surface area (Å²) >= 11 is 0. The maximum Gasteiger partial charge on any atom is 0.227 e. The van der Waals surface area contributed by atoms with Gasteiger partial charge in [-0.3, -0.25) is 9.59 Å². The summed E-state index contributed by atoms with van der Waals surface area (Å²) in [5, 5.41) is 3.92. The van der Waals surface area contributed by atoms with Crippen molar-refractivity contribution in [2.45, 2.75) is 45.6 Å². The number of nitrogens with zero attached hydrogens (tertiary/aromatic N) is 3. The SMILES string of the molecule is Cc1noc(C)c1CC(=O)N1CC[C@@H]2[C@@H](CCC(=O)N2CCN)C1. The lowest BCUT2D eigenvalue weighted by Gasteiger charge is -2.47. The highest BCUT2D eigenvalue weighted by Gasteiger charge is 2.40. The van der Waals surface area contributed by atoms with E-state index in [9.17, 15) is 9.59 Å². The highest BCUT2D eigenvalue weighted by molar-refractivity contribution is 5.80. The van der Waals surface area contributed by atoms with Crippen LogP contribution in [0.15, 0.2) is 4.52 Å². The highest BCUT2D eigenvalue weighted by atomic mass is 16.5. The normalized spacial score (nSPS) is 24.2. The second-order valence-corrected chi connectivity index (χ2v) is 6.85. The zero-order chi connectivity index (χ0) is 17.3. The summed E-state index contributed by atoms with van der Waals surface area (Å²) in [6.07, 6.45) is 2.60. The van der Waals surface area contributed by atoms with Crippen LogP contribution in [0.5, 0.6) is 0 Å². The molecular formula is C17H26N4O3. The number of carbonyl (C=O) groups is 2. The van der Waals surface area contributed by atoms with Gasteiger partial charge < -0.3 is 20.1 Å². The highest BCUT2D eigenvalue weighted by Crippen LogP contribution is 2.31. The number of hydrogen-bond acceptors (Lipinski definition) is 5. The predicted octanol–water partition coefficient (Wildman–Crippen LogP) is 0.632. The van der Waals surface area contributed by atoms with Crippen molar-refractivity contribution in [3.63, 3.8) is 0 Å². The second kappa shape index (κ2) is 6.93. The number of rotatable bonds is 4. The average molecular weight is 334 g/mol. The molecule has 0 radical (unpaired) electrons. The standard InChI is InChI=1S/C17H26N4O3/c1-11-14(12(2)24-19-11)9-17(23)20-7-5-15-13(10-20)3-4-16(22)21(15)8-6-18/h13,15H,3-10,18H2,1-2H3/t13-,15+/m0/s1. The Kier molecular flexibility index (Phi) is 4.89. The molecule has 132 valence electrons. The Hall–Kier alpha value is -1.89. The fourth-order valence-electron chi connectivity index (χ4n) is 4.02. The Morgan fingerprint density at radius 2 is 2.17 bits per heavy atom. The van der Waals surface area contributed by atoms with Crippen LogP contribution in [0.1, 0.15) is 36.3 Å². The van der Waals surface area contributed by atoms with Crippen LogP contribution in [0, 0.1) is 19.8 Å². The third-order valence-electron chi connectivity index (χ3n) is 5.38. The number of piperidine rings is 2. The third kappa shape index (κ3) is 3.17. The molecule has 3 heterocycles. The smallest absolute Gasteiger partial charge is 0.227 e. The Morgan fingerprint density at radius 1 is 1.38 bits per heavy atom. The zero-order valence-electron chi connectivity index (χ0n) is 14.5. The number of hydrogen-bond donors (Lipinski definition) is 1. The molecule has 0 bridgehead atoms. The molecule has 2 N–H and O–H groups in total. The molecule has 2 fully saturated rings. The minimum absolute atomic E-state index is 0.116. The van der Waals surface area contributed by atoms with Gasteiger partial charge in [-0.15, -0.1) is 0 Å². The van der Waals surface area contributed by atoms with Gasteiger partial charge in [0.15, 0.2) is 0 Å². The number of aromatic nitrogens is 1. The van der Waals surface area contributed by atoms with Crippen LogP contribution in [0.3, 0.4) is 0 Å². The van der Waals surface area contributed by atoms with Crippen molar-refractivity contribution in [2.75, 3.05) is 26.2 Å². The van der Waals surface area contributed by atoms with E-state index in [1.165, 1.54) is 0 Å². The predicted molar refractivity (Wildman–Crippen MR) is 88.2 cm³/mol. The summed E-state index contributed by atoms with van der Waals surface area (Å²) in [5.41, 5.74) is 7.33. The lowest BCUT2D eigenvalue weighted by atomic mass is 9.83. The van der Waals surface area contributed by atoms with E-state index in [1.54, 1.807) is 0 Å². The first-order valence-corrected chi connectivity index (χ1v) is 8.70. The minimum atomic E-state index is 0.116. The van der Waals surface area contributed by atoms with Gasteiger partial charge in [-0.25, -0.2) is 0 Å². The molecule has 24 heavy (non-hydrogen) atoms. The van der Waals surface area contributed by atoms with Crippen molar-refractivity contribution in [1.29, 1.82) is 0 Å². The number of aryl methyl sites for hydroxylation is 2. The molecule has 0 aromatic carbocycles. The van der Waals surface area contributed by atoms with Crippen LogP contribution < -0.4 is 5.73 Å². The molecular weight excluding hydrogens is 308 g/mol. The van der Waals surface area contributed by atoms with Gasteiger partial charge in [0.1, 0.15) is 5.76 Å². The van der Waals surface area contributed by atoms with Crippen molar-refractivity contribution in [3.05, 3.63) is 17.0 Å². The lowest BCUT2D eigenvalue weighted by Crippen LogP contribution is -2.57. The van der Waals surface area contributed by atoms with Gasteiger partial charge in [-0.2, -0.15) is 0 Å². The summed E-state index contributed by atoms with van der Waals surface area (Å²) in [6.45, 7) is 6.23. The van der Waals surface area contributed by atoms with Gasteiger partial charge in [0.05, 0.1) is 12.1 Å². The van der Waals surface area contributed by atoms with Crippen molar-refractivity contribution in [3.8, 4) is 0 Å². The molecule has 0 spiro atoms. The molecule has 1 aromatic heterocycles. The minimum Gasteiger partial charge on any atom is -0.361 e. The van der Waals surface area contributed by atoms with Crippen LogP contribution in [0.4, 0.5) is 0 Å². The molecule has 0 unspecified atom stereocenters. The molecule has 1 aromatic rings. The fourth-order valence-corrected chi connectivity index (χ4v) is 4.02. The molecule has 7 nitrogen and oxygen atoms in total. The number of carbonyl (C=O) groups excluding carboxylic acids is 2. The van der Waals surface area contributed by atoms with Gasteiger partial charge >= 0.3 is 0 Å². The maximum atomic E-state index is 12.7. The lowest BCUT2D eigenvalue weighted by molar-refractivity contribution is -0.143. The van der Waals surface area contributed by atoms with E-state index in [2.05, 4.69) is 5.16 Å². The first-order valence-electron chi connectivity index (χ1n) is 8.70. The number of amides is 2. The Bertz CT molecular complexity index is 608. The molecule has 0 aliphatic carbocycles. The Labute approximate surface area is 142 Å². The van der Waals surface area contributed by atoms with Gasteiger partial charge in [-0.05, 0) is 32.6 Å². The summed E-state index contributed by atoms with van der Waals surface area (Å²) < 4.78 is 5.15. The average Bonchev–Trinajstić information content (AvgIpc) is 2.89. The first kappa shape index (κ1) is 17.0. The molecule has 2 atom stereocenters. The second-order valence-electron chi connectivity index (χ2n) is 6.85. The molecule has 2 amide bonds. The van der Waals surface area contributed by atoms with Crippen molar-refractivity contribution in [2.24, 2.45) is 11.7 Å². The van der Waals surface area contributed by atoms with E-state index < -0.39 is 0 Å². The van der Waals surface area contributed by atoms with Crippen LogP contribution in [-0.2, 0) is 16.0 Å². The van der Waals surface area contributed by atoms with Gasteiger partial charge in [-0.1, -0.05) is 5.16 Å². The van der Waals surface area contributed by atoms with Gasteiger partial charge in [0, 0.05) is 44.2 Å². The van der Waals surface area contributed by atoms with E-state index in [0.717, 1.165) is 30.6 Å². The van der Waals surface area contributed by atoms with E-state index in [-0.39, 0.29) is 17.9 Å². The van der Waals surface area contributed by atoms with Gasteiger partial charge in [0.25, 0.3) is 0 Å². The monoisotopic (exact) mass is 334 g/mol. The first-order chi connectivity index (χ1) is 11.5. The van der Waals surface area contributed by atoms with E-state index in [0.29, 0.717) is 44.2 Å². The summed E-state index contributed by atoms with van der Waals surface area (Å²) in [7, 11) is 0. The van der Waals surface area contributed by atoms with Crippen molar-refractivity contribution in [1.82, 2.24) is 15.0 Å². The number of fused-ring (bicyclic) bond motifs is 1. The topological polar surface area (TPSA) is 92.7 Å². The maximum absolute atomic E-state index is 12.7. The van der Waals surface area contributed by atoms with E-state index >= 15 is 0 Å². The van der Waals surface area contributed by atoms with Crippen LogP contribution in [-0.4, -0.2) is 59.0 Å². The van der Waals surface area contributed by atoms with Crippen molar-refractivity contribution < 1.29 is 14.1 Å². The third-order valence-corrected chi connectivity index (χ3v) is 5.38. The zero-order valence-corrected chi connectivity index (χ0v) is 14.5. The summed E-state index contributed by atoms with van der Waals surface area (Å²) in [5.74, 6) is 1.40. The van der Waals surface area contributed by atoms with E-state index in [4.69, 9.17) is 10.3 Å². The largest absolute Gasteiger partial charge is 0.361 e. The van der Waals surface area contributed by atoms with Crippen LogP contribution in [0.2, 0.25) is 0 Å². The molecule has 3 rings (SSSR count). The molecule has 2 saturated heterocycles. The molecule has 0 saturated carbocycles. The summed E-state index contributed by atoms with van der Waals surface area (Å²) in [6, 6.07) is 0.234. The van der Waals surface area contributed by atoms with Crippen LogP contribution in [0.25, 0.3) is 0 Å². The fraction of sp³-hybridized carbons (Fsp3) is 0.706. The quantitative estimate of drug-likeness (QED) is 0.872. The Balaban J connectivity index is 1.64. The van der Waals surface area contributed by atoms with Gasteiger partial charge in [0.2, 0.25) is 11.8 Å². The molecule has 7 heteroatoms. The molecule has 2 aliphatic rings. The number of nitrogens with two attached hydrogens (primary N) is 1. The van der Waals surface area contributed by atoms with E-state index in [1.807, 2.05) is 23.6 Å². The number of likely N-dealkylation sites (tertiary alicyclic amines) is 2. The molecule has 2 aliphatic heterocycles. The van der Waals surface area contributed by atoms with Crippen molar-refractivity contribution >= 4 is 11.8 Å². The Morgan fingerprint density at radius 3 is 2.83 bits per heavy atom. The summed E-state index contributed by atoms with van der Waals surface area (Å²) in [4.78, 5) is 28.7.